The minimum Gasteiger partial charge on any atom is -0.482 e. The van der Waals surface area contributed by atoms with E-state index in [0.29, 0.717) is 17.7 Å². The maximum atomic E-state index is 11.7. The molecule has 1 amide bonds. The molecule has 0 aromatic heterocycles. The van der Waals surface area contributed by atoms with Crippen LogP contribution in [0, 0.1) is 11.3 Å². The summed E-state index contributed by atoms with van der Waals surface area (Å²) < 4.78 is 5.32. The highest BCUT2D eigenvalue weighted by Crippen LogP contribution is 2.16. The van der Waals surface area contributed by atoms with Gasteiger partial charge in [-0.3, -0.25) is 4.79 Å². The van der Waals surface area contributed by atoms with Crippen molar-refractivity contribution in [1.29, 1.82) is 5.26 Å². The highest BCUT2D eigenvalue weighted by atomic mass is 16.5. The molecule has 0 radical (unpaired) electrons. The van der Waals surface area contributed by atoms with Crippen LogP contribution in [0.1, 0.15) is 25.8 Å². The van der Waals surface area contributed by atoms with Crippen LogP contribution in [0.4, 0.5) is 0 Å². The molecule has 1 aromatic carbocycles. The van der Waals surface area contributed by atoms with Crippen LogP contribution in [-0.4, -0.2) is 29.8 Å². The van der Waals surface area contributed by atoms with Crippen molar-refractivity contribution in [2.45, 2.75) is 25.8 Å². The molecule has 0 saturated heterocycles. The minimum atomic E-state index is -0.482. The summed E-state index contributed by atoms with van der Waals surface area (Å²) >= 11 is 0. The first kappa shape index (κ1) is 15.0. The third-order valence-corrected chi connectivity index (χ3v) is 2.58. The van der Waals surface area contributed by atoms with Crippen molar-refractivity contribution in [3.05, 3.63) is 29.8 Å². The predicted molar refractivity (Wildman–Crippen MR) is 70.6 cm³/mol. The first-order valence-electron chi connectivity index (χ1n) is 6.02. The Morgan fingerprint density at radius 3 is 2.79 bits per heavy atom. The van der Waals surface area contributed by atoms with Gasteiger partial charge in [-0.25, -0.2) is 0 Å². The molecule has 2 N–H and O–H groups in total. The molecule has 5 heteroatoms. The fourth-order valence-corrected chi connectivity index (χ4v) is 1.58. The smallest absolute Gasteiger partial charge is 0.258 e. The molecule has 0 aliphatic carbocycles. The zero-order chi connectivity index (χ0) is 14.3. The van der Waals surface area contributed by atoms with Crippen molar-refractivity contribution >= 4 is 5.91 Å². The lowest BCUT2D eigenvalue weighted by molar-refractivity contribution is -0.124. The number of hydrogen-bond donors (Lipinski definition) is 2. The van der Waals surface area contributed by atoms with E-state index in [0.717, 1.165) is 0 Å². The number of nitrogens with zero attached hydrogens (tertiary/aromatic N) is 1. The Morgan fingerprint density at radius 1 is 1.47 bits per heavy atom. The Morgan fingerprint density at radius 2 is 2.16 bits per heavy atom. The second-order valence-electron chi connectivity index (χ2n) is 4.80. The highest BCUT2D eigenvalue weighted by molar-refractivity contribution is 5.78. The topological polar surface area (TPSA) is 82.3 Å². The summed E-state index contributed by atoms with van der Waals surface area (Å²) in [4.78, 5) is 11.7. The van der Waals surface area contributed by atoms with Gasteiger partial charge < -0.3 is 15.2 Å². The average Bonchev–Trinajstić information content (AvgIpc) is 2.36. The van der Waals surface area contributed by atoms with E-state index in [2.05, 4.69) is 5.32 Å². The molecule has 5 nitrogen and oxygen atoms in total. The molecule has 1 aromatic rings. The Hall–Kier alpha value is -2.06. The number of para-hydroxylation sites is 1. The van der Waals surface area contributed by atoms with Crippen LogP contribution < -0.4 is 10.1 Å². The van der Waals surface area contributed by atoms with E-state index >= 15 is 0 Å². The van der Waals surface area contributed by atoms with Crippen molar-refractivity contribution in [3.63, 3.8) is 0 Å². The molecule has 19 heavy (non-hydrogen) atoms. The summed E-state index contributed by atoms with van der Waals surface area (Å²) in [6.45, 7) is 3.49. The molecule has 0 fully saturated rings. The zero-order valence-corrected chi connectivity index (χ0v) is 11.1. The molecule has 0 bridgehead atoms. The second-order valence-corrected chi connectivity index (χ2v) is 4.80. The molecule has 0 atom stereocenters. The van der Waals surface area contributed by atoms with Crippen LogP contribution in [0.2, 0.25) is 0 Å². The third kappa shape index (κ3) is 4.98. The van der Waals surface area contributed by atoms with Gasteiger partial charge in [0.05, 0.1) is 5.56 Å². The quantitative estimate of drug-likeness (QED) is 0.807. The number of ether oxygens (including phenoxy) is 1. The SMILES string of the molecule is CC(C)(CCO)NC(=O)COc1ccccc1C#N. The maximum absolute atomic E-state index is 11.7. The first-order valence-corrected chi connectivity index (χ1v) is 6.02. The number of nitrogens with one attached hydrogen (secondary N) is 1. The van der Waals surface area contributed by atoms with E-state index in [1.165, 1.54) is 0 Å². The minimum absolute atomic E-state index is 0.00536. The summed E-state index contributed by atoms with van der Waals surface area (Å²) in [5.41, 5.74) is -0.0888. The Kier molecular flexibility index (Phi) is 5.34. The number of hydrogen-bond acceptors (Lipinski definition) is 4. The number of carbonyl (C=O) groups is 1. The number of carbonyl (C=O) groups excluding carboxylic acids is 1. The van der Waals surface area contributed by atoms with Crippen LogP contribution in [0.5, 0.6) is 5.75 Å². The van der Waals surface area contributed by atoms with Crippen molar-refractivity contribution in [2.24, 2.45) is 0 Å². The molecular formula is C14H18N2O3. The normalized spacial score (nSPS) is 10.6. The summed E-state index contributed by atoms with van der Waals surface area (Å²) in [6.07, 6.45) is 0.466. The largest absolute Gasteiger partial charge is 0.482 e. The monoisotopic (exact) mass is 262 g/mol. The number of amides is 1. The van der Waals surface area contributed by atoms with E-state index in [1.807, 2.05) is 19.9 Å². The maximum Gasteiger partial charge on any atom is 0.258 e. The van der Waals surface area contributed by atoms with E-state index in [4.69, 9.17) is 15.1 Å². The van der Waals surface area contributed by atoms with Crippen LogP contribution >= 0.6 is 0 Å². The average molecular weight is 262 g/mol. The van der Waals surface area contributed by atoms with Gasteiger partial charge >= 0.3 is 0 Å². The Labute approximate surface area is 112 Å². The van der Waals surface area contributed by atoms with Gasteiger partial charge in [-0.15, -0.1) is 0 Å². The molecule has 1 rings (SSSR count). The fraction of sp³-hybridized carbons (Fsp3) is 0.429. The van der Waals surface area contributed by atoms with Crippen molar-refractivity contribution < 1.29 is 14.6 Å². The summed E-state index contributed by atoms with van der Waals surface area (Å²) in [7, 11) is 0. The van der Waals surface area contributed by atoms with E-state index in [1.54, 1.807) is 24.3 Å². The highest BCUT2D eigenvalue weighted by Gasteiger charge is 2.19. The molecule has 102 valence electrons. The van der Waals surface area contributed by atoms with Gasteiger partial charge in [0.25, 0.3) is 5.91 Å². The van der Waals surface area contributed by atoms with E-state index in [-0.39, 0.29) is 19.1 Å². The van der Waals surface area contributed by atoms with Gasteiger partial charge in [0.2, 0.25) is 0 Å². The van der Waals surface area contributed by atoms with Crippen molar-refractivity contribution in [1.82, 2.24) is 5.32 Å². The van der Waals surface area contributed by atoms with Gasteiger partial charge in [-0.1, -0.05) is 12.1 Å². The third-order valence-electron chi connectivity index (χ3n) is 2.58. The fourth-order valence-electron chi connectivity index (χ4n) is 1.58. The Bertz CT molecular complexity index is 478. The lowest BCUT2D eigenvalue weighted by Gasteiger charge is -2.25. The van der Waals surface area contributed by atoms with Crippen molar-refractivity contribution in [3.8, 4) is 11.8 Å². The van der Waals surface area contributed by atoms with Gasteiger partial charge in [0, 0.05) is 12.1 Å². The van der Waals surface area contributed by atoms with Gasteiger partial charge in [-0.05, 0) is 32.4 Å². The second kappa shape index (κ2) is 6.76. The lowest BCUT2D eigenvalue weighted by atomic mass is 10.0. The number of rotatable bonds is 6. The van der Waals surface area contributed by atoms with Crippen LogP contribution in [0.3, 0.4) is 0 Å². The standard InChI is InChI=1S/C14H18N2O3/c1-14(2,7-8-17)16-13(18)10-19-12-6-4-3-5-11(12)9-15/h3-6,17H,7-8,10H2,1-2H3,(H,16,18). The van der Waals surface area contributed by atoms with E-state index in [9.17, 15) is 4.79 Å². The number of aliphatic hydroxyl groups is 1. The zero-order valence-electron chi connectivity index (χ0n) is 11.1. The van der Waals surface area contributed by atoms with Crippen LogP contribution in [0.15, 0.2) is 24.3 Å². The predicted octanol–water partition coefficient (Wildman–Crippen LogP) is 1.21. The van der Waals surface area contributed by atoms with Crippen LogP contribution in [0.25, 0.3) is 0 Å². The van der Waals surface area contributed by atoms with Gasteiger partial charge in [-0.2, -0.15) is 5.26 Å². The molecular weight excluding hydrogens is 244 g/mol. The molecule has 0 aliphatic rings. The molecule has 0 unspecified atom stereocenters. The number of aliphatic hydroxyl groups excluding tert-OH is 1. The molecule has 0 heterocycles. The van der Waals surface area contributed by atoms with Gasteiger partial charge in [0.1, 0.15) is 11.8 Å². The van der Waals surface area contributed by atoms with E-state index < -0.39 is 5.54 Å². The lowest BCUT2D eigenvalue weighted by Crippen LogP contribution is -2.46. The Balaban J connectivity index is 2.53. The number of benzene rings is 1. The molecule has 0 spiro atoms. The molecule has 0 saturated carbocycles. The summed E-state index contributed by atoms with van der Waals surface area (Å²) in [5.74, 6) is 0.103. The molecule has 0 aliphatic heterocycles. The number of nitriles is 1. The summed E-state index contributed by atoms with van der Waals surface area (Å²) in [6, 6.07) is 8.74. The van der Waals surface area contributed by atoms with Crippen LogP contribution in [-0.2, 0) is 4.79 Å². The first-order chi connectivity index (χ1) is 8.98. The van der Waals surface area contributed by atoms with Crippen molar-refractivity contribution in [2.75, 3.05) is 13.2 Å². The summed E-state index contributed by atoms with van der Waals surface area (Å²) in [5, 5.41) is 20.5. The van der Waals surface area contributed by atoms with Gasteiger partial charge in [0.15, 0.2) is 6.61 Å².